The number of para-hydroxylation sites is 2. The van der Waals surface area contributed by atoms with Gasteiger partial charge >= 0.3 is 0 Å². The maximum atomic E-state index is 4.68. The molecule has 0 fully saturated rings. The number of rotatable bonds is 3. The lowest BCUT2D eigenvalue weighted by Gasteiger charge is -2.28. The Bertz CT molecular complexity index is 643. The number of benzene rings is 2. The van der Waals surface area contributed by atoms with Crippen molar-refractivity contribution in [1.82, 2.24) is 0 Å². The van der Waals surface area contributed by atoms with E-state index in [9.17, 15) is 0 Å². The third-order valence-corrected chi connectivity index (χ3v) is 6.82. The monoisotopic (exact) mass is 358 g/mol. The molecule has 2 nitrogen and oxygen atoms in total. The summed E-state index contributed by atoms with van der Waals surface area (Å²) in [6.45, 7) is 0. The SMILES string of the molecule is SC1Sc2ccccc2N1[B][B]N1c2ccccc2SC1S. The van der Waals surface area contributed by atoms with E-state index >= 15 is 0 Å². The Kier molecular flexibility index (Phi) is 4.28. The fraction of sp³-hybridized carbons (Fsp3) is 0.143. The van der Waals surface area contributed by atoms with Gasteiger partial charge in [0, 0.05) is 21.2 Å². The largest absolute Gasteiger partial charge is 0.405 e. The molecule has 0 amide bonds. The van der Waals surface area contributed by atoms with Crippen LogP contribution in [-0.2, 0) is 0 Å². The summed E-state index contributed by atoms with van der Waals surface area (Å²) in [5, 5.41) is 0. The van der Waals surface area contributed by atoms with Crippen LogP contribution in [-0.4, -0.2) is 24.0 Å². The molecule has 2 unspecified atom stereocenters. The van der Waals surface area contributed by atoms with Crippen LogP contribution in [0.1, 0.15) is 0 Å². The Morgan fingerprint density at radius 3 is 1.59 bits per heavy atom. The zero-order valence-corrected chi connectivity index (χ0v) is 15.0. The molecule has 8 heteroatoms. The molecular weight excluding hydrogens is 346 g/mol. The minimum atomic E-state index is 0.109. The van der Waals surface area contributed by atoms with Crippen LogP contribution >= 0.6 is 48.8 Å². The predicted octanol–water partition coefficient (Wildman–Crippen LogP) is 3.79. The number of fused-ring (bicyclic) bond motifs is 2. The summed E-state index contributed by atoms with van der Waals surface area (Å²) < 4.78 is 0.218. The van der Waals surface area contributed by atoms with E-state index in [-0.39, 0.29) is 9.41 Å². The van der Waals surface area contributed by atoms with Gasteiger partial charge in [0.05, 0.1) is 0 Å². The average molecular weight is 358 g/mol. The summed E-state index contributed by atoms with van der Waals surface area (Å²) in [7, 11) is 4.20. The van der Waals surface area contributed by atoms with E-state index in [1.807, 2.05) is 0 Å². The van der Waals surface area contributed by atoms with E-state index < -0.39 is 0 Å². The molecule has 4 rings (SSSR count). The van der Waals surface area contributed by atoms with Crippen molar-refractivity contribution >= 4 is 74.8 Å². The van der Waals surface area contributed by atoms with E-state index in [1.54, 1.807) is 23.5 Å². The van der Waals surface area contributed by atoms with Crippen LogP contribution < -0.4 is 9.62 Å². The molecule has 2 aromatic carbocycles. The normalized spacial score (nSPS) is 22.5. The van der Waals surface area contributed by atoms with Crippen LogP contribution in [0.5, 0.6) is 0 Å². The van der Waals surface area contributed by atoms with Gasteiger partial charge in [-0.3, -0.25) is 0 Å². The number of anilines is 2. The quantitative estimate of drug-likeness (QED) is 0.636. The topological polar surface area (TPSA) is 6.48 Å². The zero-order chi connectivity index (χ0) is 15.1. The molecule has 0 aromatic heterocycles. The summed E-state index contributed by atoms with van der Waals surface area (Å²) in [5.41, 5.74) is 2.42. The van der Waals surface area contributed by atoms with E-state index in [1.165, 1.54) is 21.2 Å². The van der Waals surface area contributed by atoms with E-state index in [4.69, 9.17) is 0 Å². The van der Waals surface area contributed by atoms with Gasteiger partial charge in [0.25, 0.3) is 0 Å². The molecule has 0 aliphatic carbocycles. The molecule has 108 valence electrons. The van der Waals surface area contributed by atoms with Gasteiger partial charge in [-0.1, -0.05) is 47.8 Å². The third kappa shape index (κ3) is 2.64. The fourth-order valence-corrected chi connectivity index (χ4v) is 5.61. The molecule has 2 heterocycles. The summed E-state index contributed by atoms with van der Waals surface area (Å²) >= 11 is 12.9. The van der Waals surface area contributed by atoms with Crippen molar-refractivity contribution in [1.29, 1.82) is 0 Å². The van der Waals surface area contributed by atoms with Gasteiger partial charge in [0.1, 0.15) is 9.41 Å². The Hall–Kier alpha value is -0.430. The lowest BCUT2D eigenvalue weighted by molar-refractivity contribution is 1.22. The van der Waals surface area contributed by atoms with Crippen LogP contribution in [0.15, 0.2) is 58.3 Å². The minimum Gasteiger partial charge on any atom is -0.405 e. The second-order valence-corrected chi connectivity index (χ2v) is 8.86. The fourth-order valence-electron chi connectivity index (χ4n) is 2.57. The van der Waals surface area contributed by atoms with Crippen LogP contribution in [0.4, 0.5) is 11.4 Å². The number of nitrogens with zero attached hydrogens (tertiary/aromatic N) is 2. The lowest BCUT2D eigenvalue weighted by Crippen LogP contribution is -2.43. The van der Waals surface area contributed by atoms with Crippen molar-refractivity contribution in [2.24, 2.45) is 0 Å². The summed E-state index contributed by atoms with van der Waals surface area (Å²) in [6.07, 6.45) is 0. The van der Waals surface area contributed by atoms with Crippen LogP contribution in [0, 0.1) is 0 Å². The molecule has 2 aromatic rings. The molecule has 2 radical (unpaired) electrons. The molecule has 2 aliphatic rings. The van der Waals surface area contributed by atoms with Gasteiger partial charge in [-0.15, -0.1) is 25.3 Å². The molecule has 2 aliphatic heterocycles. The highest BCUT2D eigenvalue weighted by Crippen LogP contribution is 2.46. The first kappa shape index (κ1) is 15.1. The van der Waals surface area contributed by atoms with Gasteiger partial charge < -0.3 is 9.62 Å². The Morgan fingerprint density at radius 1 is 0.727 bits per heavy atom. The Labute approximate surface area is 151 Å². The van der Waals surface area contributed by atoms with Crippen molar-refractivity contribution in [2.45, 2.75) is 19.2 Å². The van der Waals surface area contributed by atoms with Crippen LogP contribution in [0.25, 0.3) is 0 Å². The van der Waals surface area contributed by atoms with Crippen molar-refractivity contribution < 1.29 is 0 Å². The van der Waals surface area contributed by atoms with Gasteiger partial charge in [0.2, 0.25) is 14.6 Å². The first-order chi connectivity index (χ1) is 10.7. The second-order valence-electron chi connectivity index (χ2n) is 4.94. The summed E-state index contributed by atoms with van der Waals surface area (Å²) in [6, 6.07) is 16.8. The van der Waals surface area contributed by atoms with Gasteiger partial charge in [-0.25, -0.2) is 0 Å². The lowest BCUT2D eigenvalue weighted by atomic mass is 9.53. The number of hydrogen-bond acceptors (Lipinski definition) is 6. The zero-order valence-electron chi connectivity index (χ0n) is 11.5. The molecule has 0 saturated carbocycles. The highest BCUT2D eigenvalue weighted by Gasteiger charge is 2.32. The number of thiol groups is 2. The van der Waals surface area contributed by atoms with Crippen molar-refractivity contribution in [2.75, 3.05) is 9.62 Å². The maximum Gasteiger partial charge on any atom is 0.229 e. The standard InChI is InChI=1S/C14H12B2N2S4/c19-13-17(9-5-1-3-7-11(9)21-13)15-16-18-10-6-2-4-8-12(10)22-14(18)20/h1-8,13-14,19-20H. The van der Waals surface area contributed by atoms with Crippen molar-refractivity contribution in [3.8, 4) is 0 Å². The molecule has 2 atom stereocenters. The van der Waals surface area contributed by atoms with Gasteiger partial charge in [0.15, 0.2) is 0 Å². The van der Waals surface area contributed by atoms with E-state index in [0.717, 1.165) is 0 Å². The first-order valence-corrected chi connectivity index (χ1v) is 9.66. The number of hydrogen-bond donors (Lipinski definition) is 2. The first-order valence-electron chi connectivity index (χ1n) is 6.86. The maximum absolute atomic E-state index is 4.68. The van der Waals surface area contributed by atoms with E-state index in [0.29, 0.717) is 0 Å². The molecular formula is C14H12B2N2S4. The molecule has 0 N–H and O–H groups in total. The highest BCUT2D eigenvalue weighted by molar-refractivity contribution is 8.11. The van der Waals surface area contributed by atoms with Gasteiger partial charge in [-0.05, 0) is 24.3 Å². The van der Waals surface area contributed by atoms with Gasteiger partial charge in [-0.2, -0.15) is 0 Å². The predicted molar refractivity (Wildman–Crippen MR) is 107 cm³/mol. The molecule has 22 heavy (non-hydrogen) atoms. The second kappa shape index (κ2) is 6.23. The Balaban J connectivity index is 1.52. The highest BCUT2D eigenvalue weighted by atomic mass is 32.2. The number of thioether (sulfide) groups is 2. The smallest absolute Gasteiger partial charge is 0.229 e. The summed E-state index contributed by atoms with van der Waals surface area (Å²) in [5.74, 6) is 0. The van der Waals surface area contributed by atoms with E-state index in [2.05, 4.69) is 98.0 Å². The Morgan fingerprint density at radius 2 is 1.14 bits per heavy atom. The minimum absolute atomic E-state index is 0.109. The van der Waals surface area contributed by atoms with Crippen molar-refractivity contribution in [3.05, 3.63) is 48.5 Å². The summed E-state index contributed by atoms with van der Waals surface area (Å²) in [4.78, 5) is 6.92. The van der Waals surface area contributed by atoms with Crippen LogP contribution in [0.2, 0.25) is 0 Å². The molecule has 0 saturated heterocycles. The third-order valence-electron chi connectivity index (χ3n) is 3.62. The van der Waals surface area contributed by atoms with Crippen molar-refractivity contribution in [3.63, 3.8) is 0 Å². The van der Waals surface area contributed by atoms with Crippen LogP contribution in [0.3, 0.4) is 0 Å². The average Bonchev–Trinajstić information content (AvgIpc) is 3.01. The molecule has 0 bridgehead atoms. The molecule has 0 spiro atoms.